The van der Waals surface area contributed by atoms with Crippen LogP contribution in [0.15, 0.2) is 12.1 Å². The number of hydrogen-bond acceptors (Lipinski definition) is 4. The second-order valence-electron chi connectivity index (χ2n) is 4.71. The Morgan fingerprint density at radius 1 is 1.26 bits per heavy atom. The van der Waals surface area contributed by atoms with Crippen LogP contribution in [0, 0.1) is 0 Å². The number of anilines is 1. The Labute approximate surface area is 119 Å². The summed E-state index contributed by atoms with van der Waals surface area (Å²) in [6.45, 7) is 1.98. The van der Waals surface area contributed by atoms with Crippen LogP contribution in [0.25, 0.3) is 0 Å². The maximum absolute atomic E-state index is 6.14. The van der Waals surface area contributed by atoms with Gasteiger partial charge in [0.1, 0.15) is 11.5 Å². The summed E-state index contributed by atoms with van der Waals surface area (Å²) < 4.78 is 10.5. The lowest BCUT2D eigenvalue weighted by Gasteiger charge is -2.24. The van der Waals surface area contributed by atoms with Gasteiger partial charge in [-0.1, -0.05) is 18.0 Å². The second kappa shape index (κ2) is 6.87. The highest BCUT2D eigenvalue weighted by atomic mass is 35.5. The average Bonchev–Trinajstić information content (AvgIpc) is 2.46. The molecule has 0 saturated carbocycles. The van der Waals surface area contributed by atoms with E-state index in [-0.39, 0.29) is 0 Å². The smallest absolute Gasteiger partial charge is 0.145 e. The van der Waals surface area contributed by atoms with E-state index in [1.807, 2.05) is 6.07 Å². The molecule has 0 radical (unpaired) electrons. The van der Waals surface area contributed by atoms with Gasteiger partial charge in [0.2, 0.25) is 0 Å². The van der Waals surface area contributed by atoms with Crippen molar-refractivity contribution in [3.8, 4) is 11.5 Å². The third-order valence-corrected chi connectivity index (χ3v) is 3.72. The maximum atomic E-state index is 6.14. The Balaban J connectivity index is 2.04. The minimum atomic E-state index is 0.513. The molecule has 1 aliphatic rings. The highest BCUT2D eigenvalue weighted by molar-refractivity contribution is 6.32. The summed E-state index contributed by atoms with van der Waals surface area (Å²) in [5, 5.41) is 7.49. The van der Waals surface area contributed by atoms with Crippen molar-refractivity contribution >= 4 is 17.3 Å². The first-order valence-electron chi connectivity index (χ1n) is 6.63. The van der Waals surface area contributed by atoms with Gasteiger partial charge in [-0.2, -0.15) is 0 Å². The fourth-order valence-corrected chi connectivity index (χ4v) is 2.57. The van der Waals surface area contributed by atoms with E-state index in [1.54, 1.807) is 20.3 Å². The topological polar surface area (TPSA) is 42.5 Å². The molecular weight excluding hydrogens is 264 g/mol. The number of rotatable bonds is 5. The van der Waals surface area contributed by atoms with Gasteiger partial charge in [-0.15, -0.1) is 0 Å². The lowest BCUT2D eigenvalue weighted by Crippen LogP contribution is -2.39. The van der Waals surface area contributed by atoms with Gasteiger partial charge >= 0.3 is 0 Å². The molecular formula is C14H21ClN2O2. The van der Waals surface area contributed by atoms with Crippen molar-refractivity contribution in [1.82, 2.24) is 5.32 Å². The third-order valence-electron chi connectivity index (χ3n) is 3.43. The highest BCUT2D eigenvalue weighted by Gasteiger charge is 2.14. The van der Waals surface area contributed by atoms with E-state index in [0.29, 0.717) is 16.8 Å². The molecule has 1 aliphatic heterocycles. The molecule has 0 aromatic heterocycles. The van der Waals surface area contributed by atoms with Crippen LogP contribution in [0.1, 0.15) is 19.3 Å². The quantitative estimate of drug-likeness (QED) is 0.872. The molecule has 106 valence electrons. The maximum Gasteiger partial charge on any atom is 0.145 e. The van der Waals surface area contributed by atoms with Gasteiger partial charge < -0.3 is 20.1 Å². The first-order valence-corrected chi connectivity index (χ1v) is 7.01. The minimum Gasteiger partial charge on any atom is -0.495 e. The number of nitrogens with one attached hydrogen (secondary N) is 2. The highest BCUT2D eigenvalue weighted by Crippen LogP contribution is 2.35. The van der Waals surface area contributed by atoms with E-state index in [9.17, 15) is 0 Å². The van der Waals surface area contributed by atoms with E-state index in [2.05, 4.69) is 10.6 Å². The minimum absolute atomic E-state index is 0.513. The number of methoxy groups -OCH3 is 2. The summed E-state index contributed by atoms with van der Waals surface area (Å²) in [4.78, 5) is 0. The fraction of sp³-hybridized carbons (Fsp3) is 0.571. The van der Waals surface area contributed by atoms with E-state index >= 15 is 0 Å². The zero-order chi connectivity index (χ0) is 13.7. The summed E-state index contributed by atoms with van der Waals surface area (Å²) >= 11 is 6.14. The number of halogens is 1. The van der Waals surface area contributed by atoms with Gasteiger partial charge in [0.15, 0.2) is 0 Å². The van der Waals surface area contributed by atoms with Gasteiger partial charge in [0.25, 0.3) is 0 Å². The van der Waals surface area contributed by atoms with Crippen molar-refractivity contribution in [1.29, 1.82) is 0 Å². The number of benzene rings is 1. The van der Waals surface area contributed by atoms with Crippen LogP contribution in [0.5, 0.6) is 11.5 Å². The predicted molar refractivity (Wildman–Crippen MR) is 78.7 cm³/mol. The molecule has 1 saturated heterocycles. The second-order valence-corrected chi connectivity index (χ2v) is 5.12. The Morgan fingerprint density at radius 3 is 2.68 bits per heavy atom. The van der Waals surface area contributed by atoms with Gasteiger partial charge in [-0.25, -0.2) is 0 Å². The summed E-state index contributed by atoms with van der Waals surface area (Å²) in [5.41, 5.74) is 0.903. The first-order chi connectivity index (χ1) is 9.24. The molecule has 1 aromatic rings. The normalized spacial score (nSPS) is 19.0. The lowest BCUT2D eigenvalue weighted by molar-refractivity contribution is 0.394. The molecule has 0 spiro atoms. The van der Waals surface area contributed by atoms with Gasteiger partial charge in [-0.3, -0.25) is 0 Å². The Hall–Kier alpha value is -1.13. The van der Waals surface area contributed by atoms with Crippen molar-refractivity contribution < 1.29 is 9.47 Å². The molecule has 0 bridgehead atoms. The molecule has 1 aromatic carbocycles. The number of piperidine rings is 1. The molecule has 19 heavy (non-hydrogen) atoms. The fourth-order valence-electron chi connectivity index (χ4n) is 2.33. The Kier molecular flexibility index (Phi) is 5.16. The van der Waals surface area contributed by atoms with Crippen molar-refractivity contribution in [2.45, 2.75) is 25.3 Å². The molecule has 5 heteroatoms. The largest absolute Gasteiger partial charge is 0.495 e. The first kappa shape index (κ1) is 14.3. The zero-order valence-corrected chi connectivity index (χ0v) is 12.2. The monoisotopic (exact) mass is 284 g/mol. The summed E-state index contributed by atoms with van der Waals surface area (Å²) in [5.74, 6) is 1.37. The predicted octanol–water partition coefficient (Wildman–Crippen LogP) is 2.91. The zero-order valence-electron chi connectivity index (χ0n) is 11.5. The summed E-state index contributed by atoms with van der Waals surface area (Å²) in [6.07, 6.45) is 3.77. The molecule has 1 fully saturated rings. The molecule has 2 N–H and O–H groups in total. The Morgan fingerprint density at radius 2 is 2.05 bits per heavy atom. The van der Waals surface area contributed by atoms with Crippen LogP contribution < -0.4 is 20.1 Å². The number of ether oxygens (including phenoxy) is 2. The molecule has 2 rings (SSSR count). The Bertz CT molecular complexity index is 420. The molecule has 0 amide bonds. The van der Waals surface area contributed by atoms with Crippen molar-refractivity contribution in [2.75, 3.05) is 32.6 Å². The molecule has 0 aliphatic carbocycles. The van der Waals surface area contributed by atoms with Gasteiger partial charge in [0, 0.05) is 18.7 Å². The van der Waals surface area contributed by atoms with Crippen molar-refractivity contribution in [3.63, 3.8) is 0 Å². The number of hydrogen-bond donors (Lipinski definition) is 2. The van der Waals surface area contributed by atoms with E-state index in [0.717, 1.165) is 24.5 Å². The summed E-state index contributed by atoms with van der Waals surface area (Å²) in [7, 11) is 3.24. The van der Waals surface area contributed by atoms with E-state index in [1.165, 1.54) is 19.3 Å². The van der Waals surface area contributed by atoms with E-state index < -0.39 is 0 Å². The molecule has 1 atom stereocenters. The van der Waals surface area contributed by atoms with Crippen LogP contribution in [-0.2, 0) is 0 Å². The molecule has 1 unspecified atom stereocenters. The van der Waals surface area contributed by atoms with Crippen LogP contribution >= 0.6 is 11.6 Å². The summed E-state index contributed by atoms with van der Waals surface area (Å²) in [6, 6.07) is 4.17. The average molecular weight is 285 g/mol. The van der Waals surface area contributed by atoms with E-state index in [4.69, 9.17) is 21.1 Å². The van der Waals surface area contributed by atoms with Crippen molar-refractivity contribution in [2.24, 2.45) is 0 Å². The van der Waals surface area contributed by atoms with Crippen LogP contribution in [0.2, 0.25) is 5.02 Å². The van der Waals surface area contributed by atoms with Gasteiger partial charge in [0.05, 0.1) is 24.9 Å². The third kappa shape index (κ3) is 3.67. The molecule has 4 nitrogen and oxygen atoms in total. The molecule has 1 heterocycles. The van der Waals surface area contributed by atoms with Gasteiger partial charge in [-0.05, 0) is 25.5 Å². The standard InChI is InChI=1S/C14H21ClN2O2/c1-18-13-8-14(19-2)12(7-11(13)15)17-9-10-5-3-4-6-16-10/h7-8,10,16-17H,3-6,9H2,1-2H3. The SMILES string of the molecule is COc1cc(OC)c(NCC2CCCCN2)cc1Cl. The van der Waals surface area contributed by atoms with Crippen molar-refractivity contribution in [3.05, 3.63) is 17.2 Å². The lowest BCUT2D eigenvalue weighted by atomic mass is 10.1. The van der Waals surface area contributed by atoms with Crippen LogP contribution in [0.3, 0.4) is 0 Å². The van der Waals surface area contributed by atoms with Crippen LogP contribution in [-0.4, -0.2) is 33.4 Å². The van der Waals surface area contributed by atoms with Crippen LogP contribution in [0.4, 0.5) is 5.69 Å².